The van der Waals surface area contributed by atoms with E-state index in [0.717, 1.165) is 6.42 Å². The number of nitrogens with zero attached hydrogens (tertiary/aromatic N) is 3. The molecule has 2 aliphatic heterocycles. The minimum atomic E-state index is 0.185. The summed E-state index contributed by atoms with van der Waals surface area (Å²) in [6.07, 6.45) is 12.8. The fourth-order valence-corrected chi connectivity index (χ4v) is 9.27. The van der Waals surface area contributed by atoms with Crippen LogP contribution in [0.15, 0.2) is 199 Å². The zero-order valence-corrected chi connectivity index (χ0v) is 28.1. The third-order valence-corrected chi connectivity index (χ3v) is 11.4. The van der Waals surface area contributed by atoms with E-state index >= 15 is 0 Å². The number of para-hydroxylation sites is 4. The molecule has 0 spiro atoms. The van der Waals surface area contributed by atoms with Crippen molar-refractivity contribution < 1.29 is 0 Å². The minimum absolute atomic E-state index is 0.185. The summed E-state index contributed by atoms with van der Waals surface area (Å²) < 4.78 is 2.40. The fourth-order valence-electron chi connectivity index (χ4n) is 9.27. The summed E-state index contributed by atoms with van der Waals surface area (Å²) in [7, 11) is 0. The molecule has 11 rings (SSSR count). The molecule has 3 atom stereocenters. The Morgan fingerprint density at radius 3 is 2.12 bits per heavy atom. The summed E-state index contributed by atoms with van der Waals surface area (Å²) in [4.78, 5) is 5.14. The van der Waals surface area contributed by atoms with Gasteiger partial charge >= 0.3 is 0 Å². The average molecular weight is 654 g/mol. The zero-order chi connectivity index (χ0) is 33.5. The van der Waals surface area contributed by atoms with Crippen molar-refractivity contribution in [2.24, 2.45) is 5.92 Å². The summed E-state index contributed by atoms with van der Waals surface area (Å²) >= 11 is 0. The highest BCUT2D eigenvalue weighted by Crippen LogP contribution is 2.58. The molecule has 6 aromatic carbocycles. The smallest absolute Gasteiger partial charge is 0.0650 e. The molecule has 4 aliphatic rings. The topological polar surface area (TPSA) is 11.4 Å². The Morgan fingerprint density at radius 1 is 0.569 bits per heavy atom. The highest BCUT2D eigenvalue weighted by atomic mass is 15.2. The number of benzene rings is 6. The van der Waals surface area contributed by atoms with Crippen molar-refractivity contribution in [2.45, 2.75) is 18.4 Å². The second-order valence-electron chi connectivity index (χ2n) is 14.0. The maximum atomic E-state index is 2.57. The van der Waals surface area contributed by atoms with Crippen LogP contribution in [0, 0.1) is 5.92 Å². The van der Waals surface area contributed by atoms with E-state index in [1.165, 1.54) is 78.2 Å². The molecule has 2 aliphatic carbocycles. The van der Waals surface area contributed by atoms with Crippen molar-refractivity contribution in [1.82, 2.24) is 4.57 Å². The van der Waals surface area contributed by atoms with E-state index in [-0.39, 0.29) is 12.0 Å². The van der Waals surface area contributed by atoms with Crippen LogP contribution in [-0.2, 0) is 0 Å². The number of anilines is 3. The minimum Gasteiger partial charge on any atom is -0.333 e. The predicted molar refractivity (Wildman–Crippen MR) is 212 cm³/mol. The van der Waals surface area contributed by atoms with Gasteiger partial charge in [0, 0.05) is 50.8 Å². The summed E-state index contributed by atoms with van der Waals surface area (Å²) in [5.41, 5.74) is 15.5. The number of rotatable bonds is 4. The Kier molecular flexibility index (Phi) is 6.20. The molecule has 3 unspecified atom stereocenters. The average Bonchev–Trinajstić information content (AvgIpc) is 3.84. The largest absolute Gasteiger partial charge is 0.333 e. The summed E-state index contributed by atoms with van der Waals surface area (Å²) in [6, 6.07) is 55.8. The van der Waals surface area contributed by atoms with Gasteiger partial charge < -0.3 is 14.4 Å². The molecule has 0 saturated carbocycles. The van der Waals surface area contributed by atoms with Crippen LogP contribution in [0.25, 0.3) is 38.6 Å². The highest BCUT2D eigenvalue weighted by molar-refractivity contribution is 6.10. The second kappa shape index (κ2) is 11.1. The van der Waals surface area contributed by atoms with Gasteiger partial charge in [-0.3, -0.25) is 0 Å². The van der Waals surface area contributed by atoms with E-state index in [1.54, 1.807) is 0 Å². The molecule has 7 aromatic rings. The van der Waals surface area contributed by atoms with Crippen molar-refractivity contribution in [3.05, 3.63) is 205 Å². The van der Waals surface area contributed by atoms with E-state index in [2.05, 4.69) is 196 Å². The van der Waals surface area contributed by atoms with Crippen molar-refractivity contribution in [3.63, 3.8) is 0 Å². The fraction of sp³-hybridized carbons (Fsp3) is 0.0833. The number of aromatic nitrogens is 1. The summed E-state index contributed by atoms with van der Waals surface area (Å²) in [6.45, 7) is 0. The lowest BCUT2D eigenvalue weighted by molar-refractivity contribution is 0.691. The summed E-state index contributed by atoms with van der Waals surface area (Å²) in [5.74, 6) is 0.621. The van der Waals surface area contributed by atoms with Gasteiger partial charge in [0.2, 0.25) is 0 Å². The molecule has 0 bridgehead atoms. The van der Waals surface area contributed by atoms with E-state index in [1.807, 2.05) is 0 Å². The molecule has 0 saturated heterocycles. The first-order chi connectivity index (χ1) is 25.3. The Balaban J connectivity index is 0.997. The SMILES string of the molecule is C1=CCC2C(=C1)N(c1ccccc1)C1=C2C=CC2C1c1ccccc1N2c1ccc(-c2ccc3c4ccccc4n(-c4ccccc4)c3c2)cc1. The van der Waals surface area contributed by atoms with Crippen molar-refractivity contribution in [1.29, 1.82) is 0 Å². The van der Waals surface area contributed by atoms with Crippen LogP contribution in [0.3, 0.4) is 0 Å². The first-order valence-corrected chi connectivity index (χ1v) is 18.0. The Morgan fingerprint density at radius 2 is 1.27 bits per heavy atom. The molecular weight excluding hydrogens is 619 g/mol. The van der Waals surface area contributed by atoms with Gasteiger partial charge in [-0.1, -0.05) is 121 Å². The quantitative estimate of drug-likeness (QED) is 0.187. The Hall–Kier alpha value is -6.32. The van der Waals surface area contributed by atoms with E-state index in [9.17, 15) is 0 Å². The van der Waals surface area contributed by atoms with Crippen molar-refractivity contribution >= 4 is 38.9 Å². The molecule has 51 heavy (non-hydrogen) atoms. The highest BCUT2D eigenvalue weighted by Gasteiger charge is 2.49. The van der Waals surface area contributed by atoms with Gasteiger partial charge in [0.25, 0.3) is 0 Å². The van der Waals surface area contributed by atoms with Crippen LogP contribution in [0.4, 0.5) is 17.1 Å². The third kappa shape index (κ3) is 4.18. The van der Waals surface area contributed by atoms with Gasteiger partial charge in [-0.15, -0.1) is 0 Å². The van der Waals surface area contributed by atoms with Crippen LogP contribution in [0.2, 0.25) is 0 Å². The van der Waals surface area contributed by atoms with Gasteiger partial charge in [-0.05, 0) is 89.4 Å². The molecule has 0 fully saturated rings. The lowest BCUT2D eigenvalue weighted by atomic mass is 9.81. The maximum Gasteiger partial charge on any atom is 0.0650 e. The van der Waals surface area contributed by atoms with Gasteiger partial charge in [0.15, 0.2) is 0 Å². The molecule has 242 valence electrons. The second-order valence-corrected chi connectivity index (χ2v) is 14.0. The lowest BCUT2D eigenvalue weighted by Gasteiger charge is -2.35. The van der Waals surface area contributed by atoms with Gasteiger partial charge in [-0.2, -0.15) is 0 Å². The molecule has 1 aromatic heterocycles. The van der Waals surface area contributed by atoms with Crippen molar-refractivity contribution in [2.75, 3.05) is 9.80 Å². The number of allylic oxidation sites excluding steroid dienone is 5. The molecule has 3 heterocycles. The molecular formula is C48H35N3. The monoisotopic (exact) mass is 653 g/mol. The number of fused-ring (bicyclic) bond motifs is 9. The van der Waals surface area contributed by atoms with Gasteiger partial charge in [-0.25, -0.2) is 0 Å². The lowest BCUT2D eigenvalue weighted by Crippen LogP contribution is -2.34. The van der Waals surface area contributed by atoms with E-state index in [4.69, 9.17) is 0 Å². The standard InChI is InChI=1S/C48H35N3/c1-3-13-34(14-4-1)50-42-20-10-7-17-37(42)39-28-25-33(31-46(39)50)32-23-26-36(27-24-32)49-44-22-12-9-19-41(44)47-45(49)30-29-40-38-18-8-11-21-43(38)51(48(40)47)35-15-5-2-6-16-35/h1-17,19-31,38,45,47H,18H2. The molecule has 0 N–H and O–H groups in total. The van der Waals surface area contributed by atoms with Crippen LogP contribution < -0.4 is 9.80 Å². The Labute approximate surface area is 298 Å². The third-order valence-electron chi connectivity index (χ3n) is 11.4. The molecule has 3 nitrogen and oxygen atoms in total. The van der Waals surface area contributed by atoms with Crippen LogP contribution in [0.5, 0.6) is 0 Å². The molecule has 3 heteroatoms. The molecule has 0 radical (unpaired) electrons. The zero-order valence-electron chi connectivity index (χ0n) is 28.1. The van der Waals surface area contributed by atoms with Crippen LogP contribution in [-0.4, -0.2) is 10.6 Å². The van der Waals surface area contributed by atoms with Gasteiger partial charge in [0.1, 0.15) is 0 Å². The summed E-state index contributed by atoms with van der Waals surface area (Å²) in [5, 5.41) is 2.55. The van der Waals surface area contributed by atoms with Crippen LogP contribution in [0.1, 0.15) is 17.9 Å². The Bertz CT molecular complexity index is 2620. The van der Waals surface area contributed by atoms with Crippen LogP contribution >= 0.6 is 0 Å². The predicted octanol–water partition coefficient (Wildman–Crippen LogP) is 11.9. The molecule has 0 amide bonds. The van der Waals surface area contributed by atoms with Crippen molar-refractivity contribution in [3.8, 4) is 16.8 Å². The number of hydrogen-bond acceptors (Lipinski definition) is 2. The van der Waals surface area contributed by atoms with Gasteiger partial charge in [0.05, 0.1) is 23.0 Å². The number of hydrogen-bond donors (Lipinski definition) is 0. The first-order valence-electron chi connectivity index (χ1n) is 18.0. The van der Waals surface area contributed by atoms with E-state index < -0.39 is 0 Å². The maximum absolute atomic E-state index is 2.57. The first kappa shape index (κ1) is 28.5. The van der Waals surface area contributed by atoms with E-state index in [0.29, 0.717) is 5.92 Å². The normalized spacial score (nSPS) is 20.1.